The van der Waals surface area contributed by atoms with Crippen LogP contribution in [0.2, 0.25) is 0 Å². The van der Waals surface area contributed by atoms with Gasteiger partial charge in [0.2, 0.25) is 0 Å². The number of rotatable bonds is 3. The second-order valence-electron chi connectivity index (χ2n) is 5.69. The highest BCUT2D eigenvalue weighted by molar-refractivity contribution is 9.10. The van der Waals surface area contributed by atoms with E-state index in [0.717, 1.165) is 29.7 Å². The molecule has 0 saturated carbocycles. The lowest BCUT2D eigenvalue weighted by molar-refractivity contribution is -0.385. The minimum Gasteiger partial charge on any atom is -0.312 e. The molecule has 0 radical (unpaired) electrons. The summed E-state index contributed by atoms with van der Waals surface area (Å²) >= 11 is 3.30. The quantitative estimate of drug-likeness (QED) is 0.679. The second-order valence-corrected chi connectivity index (χ2v) is 6.60. The molecule has 3 rings (SSSR count). The molecule has 6 heteroatoms. The predicted molar refractivity (Wildman–Crippen MR) is 80.6 cm³/mol. The minimum atomic E-state index is -0.290. The fraction of sp³-hybridized carbons (Fsp3) is 0.571. The van der Waals surface area contributed by atoms with E-state index in [9.17, 15) is 10.1 Å². The highest BCUT2D eigenvalue weighted by Gasteiger charge is 2.34. The number of nitrogens with one attached hydrogen (secondary N) is 1. The number of halogens is 1. The monoisotopic (exact) mass is 339 g/mol. The molecule has 5 nitrogen and oxygen atoms in total. The van der Waals surface area contributed by atoms with Crippen molar-refractivity contribution in [3.63, 3.8) is 0 Å². The van der Waals surface area contributed by atoms with E-state index in [2.05, 4.69) is 26.1 Å². The molecule has 2 heterocycles. The van der Waals surface area contributed by atoms with Crippen molar-refractivity contribution in [3.05, 3.63) is 38.3 Å². The standard InChI is InChI=1S/C14H18BrN3O2/c15-12-4-3-11(14(6-12)18(19)20)8-17-7-10-2-1-5-16-13(10)9-17/h3-4,6,10,13,16H,1-2,5,7-9H2. The Hall–Kier alpha value is -0.980. The van der Waals surface area contributed by atoms with E-state index in [1.165, 1.54) is 12.8 Å². The van der Waals surface area contributed by atoms with E-state index in [4.69, 9.17) is 0 Å². The van der Waals surface area contributed by atoms with Gasteiger partial charge >= 0.3 is 0 Å². The lowest BCUT2D eigenvalue weighted by atomic mass is 9.94. The summed E-state index contributed by atoms with van der Waals surface area (Å²) in [5, 5.41) is 14.7. The van der Waals surface area contributed by atoms with Gasteiger partial charge in [-0.05, 0) is 37.4 Å². The Labute approximate surface area is 126 Å². The molecule has 2 unspecified atom stereocenters. The molecule has 0 bridgehead atoms. The average Bonchev–Trinajstić information content (AvgIpc) is 2.82. The normalized spacial score (nSPS) is 26.4. The van der Waals surface area contributed by atoms with Gasteiger partial charge in [-0.1, -0.05) is 15.9 Å². The van der Waals surface area contributed by atoms with Crippen LogP contribution in [-0.2, 0) is 6.54 Å². The molecule has 2 aliphatic rings. The maximum absolute atomic E-state index is 11.2. The molecule has 2 aliphatic heterocycles. The zero-order valence-electron chi connectivity index (χ0n) is 11.2. The molecule has 20 heavy (non-hydrogen) atoms. The first-order valence-electron chi connectivity index (χ1n) is 7.02. The maximum Gasteiger partial charge on any atom is 0.275 e. The number of hydrogen-bond acceptors (Lipinski definition) is 4. The van der Waals surface area contributed by atoms with Crippen molar-refractivity contribution in [2.75, 3.05) is 19.6 Å². The van der Waals surface area contributed by atoms with Crippen LogP contribution < -0.4 is 5.32 Å². The van der Waals surface area contributed by atoms with Gasteiger partial charge in [-0.2, -0.15) is 0 Å². The molecule has 0 aromatic heterocycles. The summed E-state index contributed by atoms with van der Waals surface area (Å²) in [6, 6.07) is 5.90. The van der Waals surface area contributed by atoms with Crippen LogP contribution in [0.3, 0.4) is 0 Å². The number of nitro benzene ring substituents is 1. The Morgan fingerprint density at radius 2 is 2.30 bits per heavy atom. The first-order chi connectivity index (χ1) is 9.63. The predicted octanol–water partition coefficient (Wildman–Crippen LogP) is 2.54. The molecule has 1 aromatic rings. The number of benzene rings is 1. The Morgan fingerprint density at radius 3 is 3.05 bits per heavy atom. The fourth-order valence-corrected chi connectivity index (χ4v) is 3.70. The summed E-state index contributed by atoms with van der Waals surface area (Å²) in [7, 11) is 0. The number of hydrogen-bond donors (Lipinski definition) is 1. The van der Waals surface area contributed by atoms with E-state index in [-0.39, 0.29) is 10.6 Å². The molecular weight excluding hydrogens is 322 g/mol. The highest BCUT2D eigenvalue weighted by atomic mass is 79.9. The molecular formula is C14H18BrN3O2. The van der Waals surface area contributed by atoms with Crippen LogP contribution in [0, 0.1) is 16.0 Å². The zero-order chi connectivity index (χ0) is 14.1. The Bertz CT molecular complexity index is 509. The Kier molecular flexibility index (Phi) is 4.05. The van der Waals surface area contributed by atoms with Crippen molar-refractivity contribution in [3.8, 4) is 0 Å². The second kappa shape index (κ2) is 5.79. The zero-order valence-corrected chi connectivity index (χ0v) is 12.8. The van der Waals surface area contributed by atoms with Crippen LogP contribution >= 0.6 is 15.9 Å². The number of nitro groups is 1. The van der Waals surface area contributed by atoms with Crippen LogP contribution in [0.25, 0.3) is 0 Å². The van der Waals surface area contributed by atoms with E-state index >= 15 is 0 Å². The summed E-state index contributed by atoms with van der Waals surface area (Å²) in [6.07, 6.45) is 2.52. The lowest BCUT2D eigenvalue weighted by Gasteiger charge is -2.24. The van der Waals surface area contributed by atoms with Gasteiger partial charge in [-0.15, -0.1) is 0 Å². The van der Waals surface area contributed by atoms with E-state index in [0.29, 0.717) is 18.5 Å². The van der Waals surface area contributed by atoms with Crippen molar-refractivity contribution >= 4 is 21.6 Å². The topological polar surface area (TPSA) is 58.4 Å². The maximum atomic E-state index is 11.2. The summed E-state index contributed by atoms with van der Waals surface area (Å²) in [6.45, 7) is 3.81. The molecule has 0 amide bonds. The average molecular weight is 340 g/mol. The van der Waals surface area contributed by atoms with E-state index in [1.807, 2.05) is 12.1 Å². The van der Waals surface area contributed by atoms with Gasteiger partial charge in [0.05, 0.1) is 4.92 Å². The van der Waals surface area contributed by atoms with Gasteiger partial charge in [-0.3, -0.25) is 15.0 Å². The molecule has 1 aromatic carbocycles. The van der Waals surface area contributed by atoms with Gasteiger partial charge in [-0.25, -0.2) is 0 Å². The molecule has 2 fully saturated rings. The number of likely N-dealkylation sites (tertiary alicyclic amines) is 1. The van der Waals surface area contributed by atoms with Crippen LogP contribution in [0.5, 0.6) is 0 Å². The van der Waals surface area contributed by atoms with Gasteiger partial charge in [0, 0.05) is 41.8 Å². The number of piperidine rings is 1. The van der Waals surface area contributed by atoms with Crippen LogP contribution in [-0.4, -0.2) is 35.5 Å². The van der Waals surface area contributed by atoms with Crippen molar-refractivity contribution in [1.82, 2.24) is 10.2 Å². The molecule has 2 saturated heterocycles. The van der Waals surface area contributed by atoms with E-state index < -0.39 is 0 Å². The molecule has 108 valence electrons. The van der Waals surface area contributed by atoms with Crippen LogP contribution in [0.1, 0.15) is 18.4 Å². The summed E-state index contributed by atoms with van der Waals surface area (Å²) in [4.78, 5) is 13.2. The van der Waals surface area contributed by atoms with Crippen molar-refractivity contribution in [2.24, 2.45) is 5.92 Å². The fourth-order valence-electron chi connectivity index (χ4n) is 3.35. The first kappa shape index (κ1) is 14.0. The third-order valence-corrected chi connectivity index (χ3v) is 4.81. The summed E-state index contributed by atoms with van der Waals surface area (Å²) < 4.78 is 0.754. The van der Waals surface area contributed by atoms with Crippen LogP contribution in [0.4, 0.5) is 5.69 Å². The Morgan fingerprint density at radius 1 is 1.45 bits per heavy atom. The van der Waals surface area contributed by atoms with Gasteiger partial charge in [0.15, 0.2) is 0 Å². The van der Waals surface area contributed by atoms with E-state index in [1.54, 1.807) is 6.07 Å². The van der Waals surface area contributed by atoms with Crippen molar-refractivity contribution < 1.29 is 4.92 Å². The highest BCUT2D eigenvalue weighted by Crippen LogP contribution is 2.29. The smallest absolute Gasteiger partial charge is 0.275 e. The lowest BCUT2D eigenvalue weighted by Crippen LogP contribution is -2.40. The van der Waals surface area contributed by atoms with Crippen molar-refractivity contribution in [2.45, 2.75) is 25.4 Å². The third-order valence-electron chi connectivity index (χ3n) is 4.31. The molecule has 0 aliphatic carbocycles. The third kappa shape index (κ3) is 2.87. The van der Waals surface area contributed by atoms with Gasteiger partial charge < -0.3 is 5.32 Å². The molecule has 1 N–H and O–H groups in total. The molecule has 2 atom stereocenters. The summed E-state index contributed by atoms with van der Waals surface area (Å²) in [5.41, 5.74) is 1.01. The number of fused-ring (bicyclic) bond motifs is 1. The first-order valence-corrected chi connectivity index (χ1v) is 7.81. The Balaban J connectivity index is 1.73. The SMILES string of the molecule is O=[N+]([O-])c1cc(Br)ccc1CN1CC2CCCNC2C1. The molecule has 0 spiro atoms. The van der Waals surface area contributed by atoms with Gasteiger partial charge in [0.25, 0.3) is 5.69 Å². The van der Waals surface area contributed by atoms with Crippen molar-refractivity contribution in [1.29, 1.82) is 0 Å². The summed E-state index contributed by atoms with van der Waals surface area (Å²) in [5.74, 6) is 0.707. The number of nitrogens with zero attached hydrogens (tertiary/aromatic N) is 2. The largest absolute Gasteiger partial charge is 0.312 e. The van der Waals surface area contributed by atoms with Crippen LogP contribution in [0.15, 0.2) is 22.7 Å². The van der Waals surface area contributed by atoms with Gasteiger partial charge in [0.1, 0.15) is 0 Å². The minimum absolute atomic E-state index is 0.210.